The topological polar surface area (TPSA) is 68.0 Å². The van der Waals surface area contributed by atoms with Gasteiger partial charge in [-0.1, -0.05) is 11.6 Å². The second-order valence-electron chi connectivity index (χ2n) is 3.14. The van der Waals surface area contributed by atoms with Crippen LogP contribution in [0, 0.1) is 6.92 Å². The third-order valence-corrected chi connectivity index (χ3v) is 2.02. The monoisotopic (exact) mass is 227 g/mol. The molecular formula is C10H10N3NaO2. The number of aromatic nitrogens is 3. The van der Waals surface area contributed by atoms with Crippen LogP contribution in [0.2, 0.25) is 0 Å². The summed E-state index contributed by atoms with van der Waals surface area (Å²) < 4.78 is 0. The molecule has 1 N–H and O–H groups in total. The number of carbonyl (C=O) groups is 1. The van der Waals surface area contributed by atoms with E-state index in [0.717, 1.165) is 5.56 Å². The molecule has 16 heavy (non-hydrogen) atoms. The Morgan fingerprint density at radius 1 is 1.31 bits per heavy atom. The summed E-state index contributed by atoms with van der Waals surface area (Å²) in [5.74, 6) is -0.981. The van der Waals surface area contributed by atoms with Gasteiger partial charge in [-0.2, -0.15) is 15.0 Å². The van der Waals surface area contributed by atoms with E-state index in [-0.39, 0.29) is 35.1 Å². The maximum atomic E-state index is 11.0. The zero-order chi connectivity index (χ0) is 10.8. The summed E-state index contributed by atoms with van der Waals surface area (Å²) in [5.41, 5.74) is 1.56. The molecule has 1 heterocycles. The number of nitrogens with zero attached hydrogens (tertiary/aromatic N) is 3. The second kappa shape index (κ2) is 5.25. The van der Waals surface area contributed by atoms with Crippen molar-refractivity contribution in [2.45, 2.75) is 6.92 Å². The SMILES string of the molecule is Cc1ccc(-n2nccn2)c(C(=O)O)c1.[NaH]. The van der Waals surface area contributed by atoms with Crippen LogP contribution >= 0.6 is 0 Å². The Kier molecular flexibility index (Phi) is 4.23. The Balaban J connectivity index is 0.00000128. The third kappa shape index (κ3) is 2.49. The Morgan fingerprint density at radius 2 is 1.94 bits per heavy atom. The molecule has 0 saturated heterocycles. The zero-order valence-electron chi connectivity index (χ0n) is 8.08. The van der Waals surface area contributed by atoms with E-state index in [1.807, 2.05) is 13.0 Å². The number of benzene rings is 1. The summed E-state index contributed by atoms with van der Waals surface area (Å²) in [5, 5.41) is 16.8. The molecule has 0 atom stereocenters. The number of hydrogen-bond donors (Lipinski definition) is 1. The van der Waals surface area contributed by atoms with Crippen molar-refractivity contribution >= 4 is 35.5 Å². The molecule has 5 nitrogen and oxygen atoms in total. The minimum absolute atomic E-state index is 0. The van der Waals surface area contributed by atoms with Crippen molar-refractivity contribution in [2.75, 3.05) is 0 Å². The quantitative estimate of drug-likeness (QED) is 0.764. The average molecular weight is 227 g/mol. The van der Waals surface area contributed by atoms with E-state index in [0.29, 0.717) is 5.69 Å². The fourth-order valence-corrected chi connectivity index (χ4v) is 1.34. The van der Waals surface area contributed by atoms with Crippen molar-refractivity contribution in [3.05, 3.63) is 41.7 Å². The normalized spacial score (nSPS) is 9.56. The molecule has 0 fully saturated rings. The molecule has 0 radical (unpaired) electrons. The first kappa shape index (κ1) is 12.9. The van der Waals surface area contributed by atoms with Crippen molar-refractivity contribution in [3.63, 3.8) is 0 Å². The molecule has 0 unspecified atom stereocenters. The van der Waals surface area contributed by atoms with E-state index in [4.69, 9.17) is 5.11 Å². The van der Waals surface area contributed by atoms with Gasteiger partial charge < -0.3 is 5.11 Å². The van der Waals surface area contributed by atoms with Gasteiger partial charge in [0.25, 0.3) is 0 Å². The van der Waals surface area contributed by atoms with E-state index in [1.165, 1.54) is 17.2 Å². The van der Waals surface area contributed by atoms with Crippen molar-refractivity contribution in [3.8, 4) is 5.69 Å². The molecule has 2 aromatic rings. The van der Waals surface area contributed by atoms with Crippen molar-refractivity contribution in [1.82, 2.24) is 15.0 Å². The van der Waals surface area contributed by atoms with Crippen LogP contribution in [0.3, 0.4) is 0 Å². The minimum atomic E-state index is -0.981. The van der Waals surface area contributed by atoms with E-state index < -0.39 is 5.97 Å². The number of rotatable bonds is 2. The Hall–Kier alpha value is -1.17. The second-order valence-corrected chi connectivity index (χ2v) is 3.14. The van der Waals surface area contributed by atoms with Gasteiger partial charge in [-0.15, -0.1) is 0 Å². The first-order valence-electron chi connectivity index (χ1n) is 4.39. The molecule has 1 aromatic heterocycles. The summed E-state index contributed by atoms with van der Waals surface area (Å²) in [6.45, 7) is 1.84. The van der Waals surface area contributed by atoms with Crippen molar-refractivity contribution in [1.29, 1.82) is 0 Å². The fraction of sp³-hybridized carbons (Fsp3) is 0.100. The molecule has 0 spiro atoms. The van der Waals surface area contributed by atoms with Crippen LogP contribution < -0.4 is 0 Å². The van der Waals surface area contributed by atoms with E-state index in [2.05, 4.69) is 10.2 Å². The van der Waals surface area contributed by atoms with Gasteiger partial charge >= 0.3 is 35.5 Å². The Labute approximate surface area is 114 Å². The molecular weight excluding hydrogens is 217 g/mol. The van der Waals surface area contributed by atoms with Crippen LogP contribution in [0.25, 0.3) is 5.69 Å². The molecule has 0 aliphatic carbocycles. The van der Waals surface area contributed by atoms with Gasteiger partial charge in [-0.25, -0.2) is 4.79 Å². The van der Waals surface area contributed by atoms with Crippen LogP contribution in [0.1, 0.15) is 15.9 Å². The zero-order valence-corrected chi connectivity index (χ0v) is 8.08. The number of carboxylic acid groups (broad SMARTS) is 1. The molecule has 0 aliphatic rings. The van der Waals surface area contributed by atoms with Gasteiger partial charge in [0.2, 0.25) is 0 Å². The predicted molar refractivity (Wildman–Crippen MR) is 60.2 cm³/mol. The van der Waals surface area contributed by atoms with Gasteiger partial charge in [0, 0.05) is 0 Å². The number of hydrogen-bond acceptors (Lipinski definition) is 3. The molecule has 0 aliphatic heterocycles. The predicted octanol–water partition coefficient (Wildman–Crippen LogP) is 0.625. The molecule has 2 rings (SSSR count). The number of carboxylic acids is 1. The third-order valence-electron chi connectivity index (χ3n) is 2.02. The summed E-state index contributed by atoms with van der Waals surface area (Å²) in [7, 11) is 0. The van der Waals surface area contributed by atoms with E-state index in [9.17, 15) is 4.79 Å². The van der Waals surface area contributed by atoms with Gasteiger partial charge in [-0.3, -0.25) is 0 Å². The van der Waals surface area contributed by atoms with Crippen LogP contribution in [-0.2, 0) is 0 Å². The number of aryl methyl sites for hydroxylation is 1. The van der Waals surface area contributed by atoms with Crippen molar-refractivity contribution < 1.29 is 9.90 Å². The van der Waals surface area contributed by atoms with Gasteiger partial charge in [0.15, 0.2) is 0 Å². The van der Waals surface area contributed by atoms with Gasteiger partial charge in [-0.05, 0) is 19.1 Å². The van der Waals surface area contributed by atoms with E-state index in [1.54, 1.807) is 12.1 Å². The molecule has 0 saturated carbocycles. The van der Waals surface area contributed by atoms with Crippen LogP contribution in [-0.4, -0.2) is 55.6 Å². The summed E-state index contributed by atoms with van der Waals surface area (Å²) in [6, 6.07) is 5.12. The van der Waals surface area contributed by atoms with Gasteiger partial charge in [0.05, 0.1) is 18.0 Å². The molecule has 6 heteroatoms. The standard InChI is InChI=1S/C10H9N3O2.Na.H/c1-7-2-3-9(8(6-7)10(14)15)13-11-4-5-12-13;;/h2-6H,1H3,(H,14,15);;. The fourth-order valence-electron chi connectivity index (χ4n) is 1.34. The average Bonchev–Trinajstić information content (AvgIpc) is 2.70. The molecule has 0 amide bonds. The first-order chi connectivity index (χ1) is 7.18. The maximum absolute atomic E-state index is 11.0. The summed E-state index contributed by atoms with van der Waals surface area (Å²) in [6.07, 6.45) is 3.01. The van der Waals surface area contributed by atoms with Crippen LogP contribution in [0.5, 0.6) is 0 Å². The summed E-state index contributed by atoms with van der Waals surface area (Å²) in [4.78, 5) is 12.3. The Morgan fingerprint density at radius 3 is 2.50 bits per heavy atom. The first-order valence-corrected chi connectivity index (χ1v) is 4.39. The molecule has 0 bridgehead atoms. The van der Waals surface area contributed by atoms with Crippen molar-refractivity contribution in [2.24, 2.45) is 0 Å². The summed E-state index contributed by atoms with van der Waals surface area (Å²) >= 11 is 0. The molecule has 1 aromatic carbocycles. The van der Waals surface area contributed by atoms with Crippen LogP contribution in [0.4, 0.5) is 0 Å². The number of aromatic carboxylic acids is 1. The van der Waals surface area contributed by atoms with Crippen LogP contribution in [0.15, 0.2) is 30.6 Å². The Bertz CT molecular complexity index is 497. The molecule has 78 valence electrons. The van der Waals surface area contributed by atoms with Gasteiger partial charge in [0.1, 0.15) is 5.69 Å². The van der Waals surface area contributed by atoms with E-state index >= 15 is 0 Å².